The third kappa shape index (κ3) is 7.02. The van der Waals surface area contributed by atoms with E-state index in [0.717, 1.165) is 13.2 Å². The Labute approximate surface area is 107 Å². The van der Waals surface area contributed by atoms with Crippen molar-refractivity contribution in [3.63, 3.8) is 0 Å². The minimum absolute atomic E-state index is 0.606. The van der Waals surface area contributed by atoms with Crippen molar-refractivity contribution in [2.75, 3.05) is 32.8 Å². The third-order valence-electron chi connectivity index (χ3n) is 3.06. The van der Waals surface area contributed by atoms with E-state index in [1.54, 1.807) is 0 Å². The average molecular weight is 242 g/mol. The highest BCUT2D eigenvalue weighted by atomic mass is 16.5. The van der Waals surface area contributed by atoms with E-state index in [-0.39, 0.29) is 0 Å². The Bertz CT molecular complexity index is 195. The summed E-state index contributed by atoms with van der Waals surface area (Å²) in [4.78, 5) is 2.55. The molecule has 1 rings (SSSR count). The van der Waals surface area contributed by atoms with Gasteiger partial charge in [0.15, 0.2) is 0 Å². The predicted molar refractivity (Wildman–Crippen MR) is 73.4 cm³/mol. The van der Waals surface area contributed by atoms with Crippen LogP contribution < -0.4 is 5.32 Å². The molecule has 0 bridgehead atoms. The third-order valence-corrected chi connectivity index (χ3v) is 3.06. The molecule has 1 unspecified atom stereocenters. The second-order valence-corrected chi connectivity index (χ2v) is 5.93. The van der Waals surface area contributed by atoms with Gasteiger partial charge >= 0.3 is 0 Å². The number of likely N-dealkylation sites (tertiary alicyclic amines) is 1. The normalized spacial score (nSPS) is 21.9. The highest BCUT2D eigenvalue weighted by Crippen LogP contribution is 2.10. The van der Waals surface area contributed by atoms with Gasteiger partial charge in [0.05, 0.1) is 0 Å². The molecule has 1 fully saturated rings. The van der Waals surface area contributed by atoms with E-state index in [9.17, 15) is 0 Å². The molecule has 0 amide bonds. The minimum atomic E-state index is 0.606. The molecule has 1 N–H and O–H groups in total. The van der Waals surface area contributed by atoms with Crippen LogP contribution in [0.25, 0.3) is 0 Å². The first kappa shape index (κ1) is 14.9. The summed E-state index contributed by atoms with van der Waals surface area (Å²) in [6.45, 7) is 14.3. The summed E-state index contributed by atoms with van der Waals surface area (Å²) >= 11 is 0. The topological polar surface area (TPSA) is 24.5 Å². The van der Waals surface area contributed by atoms with Gasteiger partial charge in [-0.2, -0.15) is 0 Å². The molecule has 0 radical (unpaired) electrons. The van der Waals surface area contributed by atoms with Crippen molar-refractivity contribution >= 4 is 0 Å². The Morgan fingerprint density at radius 1 is 1.29 bits per heavy atom. The molecule has 1 saturated heterocycles. The lowest BCUT2D eigenvalue weighted by Gasteiger charge is -2.18. The first-order valence-corrected chi connectivity index (χ1v) is 7.14. The summed E-state index contributed by atoms with van der Waals surface area (Å²) in [6.07, 6.45) is 2.46. The van der Waals surface area contributed by atoms with E-state index >= 15 is 0 Å². The second kappa shape index (κ2) is 8.06. The molecule has 1 heterocycles. The Hall–Kier alpha value is -0.120. The van der Waals surface area contributed by atoms with Crippen LogP contribution in [0.4, 0.5) is 0 Å². The SMILES string of the molecule is CC(C)COCCCN1CCC(NC(C)C)C1. The predicted octanol–water partition coefficient (Wildman–Crippen LogP) is 2.12. The fourth-order valence-electron chi connectivity index (χ4n) is 2.35. The lowest BCUT2D eigenvalue weighted by atomic mass is 10.2. The van der Waals surface area contributed by atoms with Gasteiger partial charge in [-0.1, -0.05) is 27.7 Å². The molecule has 0 aromatic heterocycles. The molecule has 3 heteroatoms. The highest BCUT2D eigenvalue weighted by Gasteiger charge is 2.21. The summed E-state index contributed by atoms with van der Waals surface area (Å²) < 4.78 is 5.60. The van der Waals surface area contributed by atoms with Crippen LogP contribution in [0.2, 0.25) is 0 Å². The second-order valence-electron chi connectivity index (χ2n) is 5.93. The van der Waals surface area contributed by atoms with Gasteiger partial charge in [-0.25, -0.2) is 0 Å². The van der Waals surface area contributed by atoms with Gasteiger partial charge in [0.25, 0.3) is 0 Å². The molecule has 0 spiro atoms. The van der Waals surface area contributed by atoms with Gasteiger partial charge in [0, 0.05) is 38.4 Å². The maximum Gasteiger partial charge on any atom is 0.0489 e. The maximum atomic E-state index is 5.60. The molecule has 0 aromatic rings. The number of hydrogen-bond donors (Lipinski definition) is 1. The molecule has 3 nitrogen and oxygen atoms in total. The number of nitrogens with zero attached hydrogens (tertiary/aromatic N) is 1. The highest BCUT2D eigenvalue weighted by molar-refractivity contribution is 4.81. The van der Waals surface area contributed by atoms with Crippen molar-refractivity contribution in [3.8, 4) is 0 Å². The smallest absolute Gasteiger partial charge is 0.0489 e. The van der Waals surface area contributed by atoms with Gasteiger partial charge in [0.2, 0.25) is 0 Å². The van der Waals surface area contributed by atoms with Crippen molar-refractivity contribution in [1.82, 2.24) is 10.2 Å². The zero-order valence-electron chi connectivity index (χ0n) is 12.0. The van der Waals surface area contributed by atoms with Crippen molar-refractivity contribution in [3.05, 3.63) is 0 Å². The summed E-state index contributed by atoms with van der Waals surface area (Å²) in [7, 11) is 0. The van der Waals surface area contributed by atoms with Gasteiger partial charge in [-0.15, -0.1) is 0 Å². The lowest BCUT2D eigenvalue weighted by Crippen LogP contribution is -2.37. The van der Waals surface area contributed by atoms with E-state index in [4.69, 9.17) is 4.74 Å². The Morgan fingerprint density at radius 3 is 2.71 bits per heavy atom. The monoisotopic (exact) mass is 242 g/mol. The largest absolute Gasteiger partial charge is 0.381 e. The lowest BCUT2D eigenvalue weighted by molar-refractivity contribution is 0.101. The maximum absolute atomic E-state index is 5.60. The zero-order chi connectivity index (χ0) is 12.7. The van der Waals surface area contributed by atoms with Crippen LogP contribution in [0.3, 0.4) is 0 Å². The van der Waals surface area contributed by atoms with E-state index in [0.29, 0.717) is 18.0 Å². The van der Waals surface area contributed by atoms with Gasteiger partial charge in [-0.3, -0.25) is 0 Å². The van der Waals surface area contributed by atoms with E-state index in [2.05, 4.69) is 37.9 Å². The molecule has 1 aliphatic rings. The fraction of sp³-hybridized carbons (Fsp3) is 1.00. The molecule has 0 aliphatic carbocycles. The van der Waals surface area contributed by atoms with Gasteiger partial charge in [-0.05, 0) is 25.3 Å². The Balaban J connectivity index is 1.98. The summed E-state index contributed by atoms with van der Waals surface area (Å²) in [5, 5.41) is 3.62. The first-order valence-electron chi connectivity index (χ1n) is 7.14. The molecule has 0 aromatic carbocycles. The number of hydrogen-bond acceptors (Lipinski definition) is 3. The van der Waals surface area contributed by atoms with Crippen molar-refractivity contribution in [2.24, 2.45) is 5.92 Å². The van der Waals surface area contributed by atoms with E-state index in [1.807, 2.05) is 0 Å². The van der Waals surface area contributed by atoms with E-state index in [1.165, 1.54) is 32.5 Å². The molecule has 1 atom stereocenters. The van der Waals surface area contributed by atoms with Crippen LogP contribution in [-0.4, -0.2) is 49.8 Å². The molecule has 0 saturated carbocycles. The molecule has 17 heavy (non-hydrogen) atoms. The first-order chi connectivity index (χ1) is 8.08. The summed E-state index contributed by atoms with van der Waals surface area (Å²) in [5.41, 5.74) is 0. The molecular formula is C14H30N2O. The Morgan fingerprint density at radius 2 is 2.06 bits per heavy atom. The van der Waals surface area contributed by atoms with Crippen LogP contribution in [0.1, 0.15) is 40.5 Å². The van der Waals surface area contributed by atoms with Crippen molar-refractivity contribution < 1.29 is 4.74 Å². The van der Waals surface area contributed by atoms with Crippen LogP contribution in [0.5, 0.6) is 0 Å². The van der Waals surface area contributed by atoms with Crippen LogP contribution in [0, 0.1) is 5.92 Å². The van der Waals surface area contributed by atoms with Crippen LogP contribution in [-0.2, 0) is 4.74 Å². The van der Waals surface area contributed by atoms with Gasteiger partial charge < -0.3 is 15.0 Å². The molecule has 102 valence electrons. The summed E-state index contributed by atoms with van der Waals surface area (Å²) in [6, 6.07) is 1.31. The number of rotatable bonds is 8. The number of nitrogens with one attached hydrogen (secondary N) is 1. The fourth-order valence-corrected chi connectivity index (χ4v) is 2.35. The summed E-state index contributed by atoms with van der Waals surface area (Å²) in [5.74, 6) is 0.654. The minimum Gasteiger partial charge on any atom is -0.381 e. The van der Waals surface area contributed by atoms with Gasteiger partial charge in [0.1, 0.15) is 0 Å². The zero-order valence-corrected chi connectivity index (χ0v) is 12.0. The van der Waals surface area contributed by atoms with E-state index < -0.39 is 0 Å². The van der Waals surface area contributed by atoms with Crippen molar-refractivity contribution in [2.45, 2.75) is 52.6 Å². The van der Waals surface area contributed by atoms with Crippen LogP contribution >= 0.6 is 0 Å². The Kier molecular flexibility index (Phi) is 7.09. The molecular weight excluding hydrogens is 212 g/mol. The van der Waals surface area contributed by atoms with Crippen molar-refractivity contribution in [1.29, 1.82) is 0 Å². The standard InChI is InChI=1S/C14H30N2O/c1-12(2)11-17-9-5-7-16-8-6-14(10-16)15-13(3)4/h12-15H,5-11H2,1-4H3. The molecule has 1 aliphatic heterocycles. The average Bonchev–Trinajstić information content (AvgIpc) is 2.63. The van der Waals surface area contributed by atoms with Crippen LogP contribution in [0.15, 0.2) is 0 Å². The number of ether oxygens (including phenoxy) is 1. The quantitative estimate of drug-likeness (QED) is 0.660.